The van der Waals surface area contributed by atoms with E-state index in [1.165, 1.54) is 0 Å². The molecule has 3 rings (SSSR count). The molecule has 0 saturated heterocycles. The van der Waals surface area contributed by atoms with Crippen LogP contribution in [0.15, 0.2) is 67.1 Å². The number of benzene rings is 1. The molecule has 0 fully saturated rings. The van der Waals surface area contributed by atoms with Crippen LogP contribution >= 0.6 is 0 Å². The van der Waals surface area contributed by atoms with Gasteiger partial charge in [0.25, 0.3) is 0 Å². The van der Waals surface area contributed by atoms with Crippen molar-refractivity contribution in [3.63, 3.8) is 0 Å². The number of hydrogen-bond acceptors (Lipinski definition) is 4. The Kier molecular flexibility index (Phi) is 5.63. The lowest BCUT2D eigenvalue weighted by atomic mass is 10.1. The standard InChI is InChI=1S/C20H22N4O2/c1-15(2)26-18-10-9-16(13-21-18)14-22-20(25)19(24-12-6-11-23-24)17-7-4-3-5-8-17/h3-13,15,19H,14H2,1-2H3,(H,22,25). The summed E-state index contributed by atoms with van der Waals surface area (Å²) >= 11 is 0. The zero-order chi connectivity index (χ0) is 18.4. The van der Waals surface area contributed by atoms with Gasteiger partial charge in [0.2, 0.25) is 11.8 Å². The summed E-state index contributed by atoms with van der Waals surface area (Å²) in [7, 11) is 0. The molecule has 1 aromatic carbocycles. The van der Waals surface area contributed by atoms with Crippen LogP contribution in [-0.2, 0) is 11.3 Å². The van der Waals surface area contributed by atoms with Crippen LogP contribution in [0.3, 0.4) is 0 Å². The monoisotopic (exact) mass is 350 g/mol. The molecule has 0 saturated carbocycles. The second-order valence-corrected chi connectivity index (χ2v) is 6.19. The number of amides is 1. The molecule has 6 heteroatoms. The van der Waals surface area contributed by atoms with E-state index in [9.17, 15) is 4.79 Å². The van der Waals surface area contributed by atoms with E-state index in [1.807, 2.05) is 56.3 Å². The van der Waals surface area contributed by atoms with Gasteiger partial charge in [-0.15, -0.1) is 0 Å². The summed E-state index contributed by atoms with van der Waals surface area (Å²) in [5, 5.41) is 7.20. The molecule has 0 aliphatic rings. The summed E-state index contributed by atoms with van der Waals surface area (Å²) < 4.78 is 7.18. The van der Waals surface area contributed by atoms with Crippen molar-refractivity contribution in [3.05, 3.63) is 78.2 Å². The van der Waals surface area contributed by atoms with Gasteiger partial charge in [-0.3, -0.25) is 9.48 Å². The molecule has 1 N–H and O–H groups in total. The first-order valence-corrected chi connectivity index (χ1v) is 8.57. The quantitative estimate of drug-likeness (QED) is 0.711. The Morgan fingerprint density at radius 1 is 1.15 bits per heavy atom. The molecule has 1 amide bonds. The maximum Gasteiger partial charge on any atom is 0.249 e. The summed E-state index contributed by atoms with van der Waals surface area (Å²) in [6, 6.07) is 14.6. The van der Waals surface area contributed by atoms with E-state index in [2.05, 4.69) is 15.4 Å². The van der Waals surface area contributed by atoms with Crippen LogP contribution in [0.25, 0.3) is 0 Å². The minimum atomic E-state index is -0.511. The highest BCUT2D eigenvalue weighted by molar-refractivity contribution is 5.83. The van der Waals surface area contributed by atoms with Gasteiger partial charge in [0.05, 0.1) is 6.10 Å². The second-order valence-electron chi connectivity index (χ2n) is 6.19. The van der Waals surface area contributed by atoms with Crippen molar-refractivity contribution in [2.45, 2.75) is 32.5 Å². The third-order valence-corrected chi connectivity index (χ3v) is 3.77. The normalized spacial score (nSPS) is 12.0. The highest BCUT2D eigenvalue weighted by atomic mass is 16.5. The van der Waals surface area contributed by atoms with E-state index < -0.39 is 6.04 Å². The number of hydrogen-bond donors (Lipinski definition) is 1. The fraction of sp³-hybridized carbons (Fsp3) is 0.250. The zero-order valence-corrected chi connectivity index (χ0v) is 14.9. The van der Waals surface area contributed by atoms with Crippen molar-refractivity contribution < 1.29 is 9.53 Å². The van der Waals surface area contributed by atoms with Crippen molar-refractivity contribution in [2.75, 3.05) is 0 Å². The Balaban J connectivity index is 1.69. The number of ether oxygens (including phenoxy) is 1. The van der Waals surface area contributed by atoms with E-state index in [1.54, 1.807) is 29.3 Å². The topological polar surface area (TPSA) is 69.0 Å². The first kappa shape index (κ1) is 17.7. The Labute approximate surface area is 152 Å². The molecule has 1 unspecified atom stereocenters. The molecule has 0 radical (unpaired) electrons. The Hall–Kier alpha value is -3.15. The van der Waals surface area contributed by atoms with Crippen molar-refractivity contribution in [1.82, 2.24) is 20.1 Å². The van der Waals surface area contributed by atoms with E-state index in [0.29, 0.717) is 12.4 Å². The summed E-state index contributed by atoms with van der Waals surface area (Å²) in [5.41, 5.74) is 1.79. The summed E-state index contributed by atoms with van der Waals surface area (Å²) in [4.78, 5) is 17.1. The van der Waals surface area contributed by atoms with Gasteiger partial charge in [0, 0.05) is 31.2 Å². The lowest BCUT2D eigenvalue weighted by Gasteiger charge is -2.18. The predicted octanol–water partition coefficient (Wildman–Crippen LogP) is 2.97. The first-order valence-electron chi connectivity index (χ1n) is 8.57. The van der Waals surface area contributed by atoms with Gasteiger partial charge in [-0.2, -0.15) is 5.10 Å². The molecule has 0 spiro atoms. The highest BCUT2D eigenvalue weighted by Gasteiger charge is 2.22. The van der Waals surface area contributed by atoms with E-state index >= 15 is 0 Å². The first-order chi connectivity index (χ1) is 12.6. The molecule has 3 aromatic rings. The van der Waals surface area contributed by atoms with Gasteiger partial charge in [0.15, 0.2) is 6.04 Å². The fourth-order valence-electron chi connectivity index (χ4n) is 2.61. The van der Waals surface area contributed by atoms with E-state index in [4.69, 9.17) is 4.74 Å². The van der Waals surface area contributed by atoms with Crippen LogP contribution in [0.4, 0.5) is 0 Å². The summed E-state index contributed by atoms with van der Waals surface area (Å²) in [5.74, 6) is 0.455. The van der Waals surface area contributed by atoms with Crippen LogP contribution in [-0.4, -0.2) is 26.8 Å². The lowest BCUT2D eigenvalue weighted by molar-refractivity contribution is -0.123. The minimum absolute atomic E-state index is 0.0776. The number of carbonyl (C=O) groups excluding carboxylic acids is 1. The molecule has 0 aliphatic heterocycles. The molecule has 0 bridgehead atoms. The molecular formula is C20H22N4O2. The number of nitrogens with zero attached hydrogens (tertiary/aromatic N) is 3. The van der Waals surface area contributed by atoms with Gasteiger partial charge in [0.1, 0.15) is 0 Å². The largest absolute Gasteiger partial charge is 0.475 e. The van der Waals surface area contributed by atoms with Crippen LogP contribution in [0.2, 0.25) is 0 Å². The van der Waals surface area contributed by atoms with E-state index in [0.717, 1.165) is 11.1 Å². The van der Waals surface area contributed by atoms with Gasteiger partial charge in [-0.1, -0.05) is 36.4 Å². The summed E-state index contributed by atoms with van der Waals surface area (Å²) in [6.45, 7) is 4.29. The predicted molar refractivity (Wildman–Crippen MR) is 98.7 cm³/mol. The average Bonchev–Trinajstić information content (AvgIpc) is 3.16. The third kappa shape index (κ3) is 4.47. The Morgan fingerprint density at radius 2 is 1.96 bits per heavy atom. The van der Waals surface area contributed by atoms with Gasteiger partial charge in [-0.05, 0) is 31.0 Å². The highest BCUT2D eigenvalue weighted by Crippen LogP contribution is 2.18. The maximum absolute atomic E-state index is 12.8. The number of rotatable bonds is 7. The van der Waals surface area contributed by atoms with Crippen LogP contribution in [0, 0.1) is 0 Å². The molecule has 1 atom stereocenters. The zero-order valence-electron chi connectivity index (χ0n) is 14.9. The molecule has 6 nitrogen and oxygen atoms in total. The van der Waals surface area contributed by atoms with Gasteiger partial charge in [-0.25, -0.2) is 4.98 Å². The maximum atomic E-state index is 12.8. The van der Waals surface area contributed by atoms with E-state index in [-0.39, 0.29) is 12.0 Å². The number of nitrogens with one attached hydrogen (secondary N) is 1. The number of aromatic nitrogens is 3. The second kappa shape index (κ2) is 8.29. The van der Waals surface area contributed by atoms with Crippen LogP contribution in [0.5, 0.6) is 5.88 Å². The van der Waals surface area contributed by atoms with Gasteiger partial charge < -0.3 is 10.1 Å². The van der Waals surface area contributed by atoms with Crippen molar-refractivity contribution in [1.29, 1.82) is 0 Å². The molecule has 2 aromatic heterocycles. The SMILES string of the molecule is CC(C)Oc1ccc(CNC(=O)C(c2ccccc2)n2cccn2)cn1. The molecule has 2 heterocycles. The lowest BCUT2D eigenvalue weighted by Crippen LogP contribution is -2.33. The smallest absolute Gasteiger partial charge is 0.249 e. The number of carbonyl (C=O) groups is 1. The number of pyridine rings is 1. The average molecular weight is 350 g/mol. The Morgan fingerprint density at radius 3 is 2.58 bits per heavy atom. The van der Waals surface area contributed by atoms with Crippen molar-refractivity contribution in [3.8, 4) is 5.88 Å². The summed E-state index contributed by atoms with van der Waals surface area (Å²) in [6.07, 6.45) is 5.25. The molecule has 134 valence electrons. The fourth-order valence-corrected chi connectivity index (χ4v) is 2.61. The van der Waals surface area contributed by atoms with Crippen molar-refractivity contribution >= 4 is 5.91 Å². The third-order valence-electron chi connectivity index (χ3n) is 3.77. The Bertz CT molecular complexity index is 815. The molecular weight excluding hydrogens is 328 g/mol. The van der Waals surface area contributed by atoms with Crippen molar-refractivity contribution in [2.24, 2.45) is 0 Å². The molecule has 0 aliphatic carbocycles. The minimum Gasteiger partial charge on any atom is -0.475 e. The molecule has 26 heavy (non-hydrogen) atoms. The van der Waals surface area contributed by atoms with Crippen LogP contribution < -0.4 is 10.1 Å². The van der Waals surface area contributed by atoms with Crippen LogP contribution in [0.1, 0.15) is 31.0 Å². The van der Waals surface area contributed by atoms with Gasteiger partial charge >= 0.3 is 0 Å².